The van der Waals surface area contributed by atoms with Crippen LogP contribution in [0.2, 0.25) is 0 Å². The van der Waals surface area contributed by atoms with Crippen LogP contribution in [0.5, 0.6) is 0 Å². The first-order valence-corrected chi connectivity index (χ1v) is 8.37. The fourth-order valence-electron chi connectivity index (χ4n) is 3.10. The summed E-state index contributed by atoms with van der Waals surface area (Å²) in [6.07, 6.45) is 0. The van der Waals surface area contributed by atoms with Gasteiger partial charge in [-0.1, -0.05) is 0 Å². The van der Waals surface area contributed by atoms with Gasteiger partial charge in [0.05, 0.1) is 18.6 Å². The molecule has 0 bridgehead atoms. The highest BCUT2D eigenvalue weighted by Crippen LogP contribution is 2.22. The third-order valence-electron chi connectivity index (χ3n) is 4.55. The van der Waals surface area contributed by atoms with Crippen molar-refractivity contribution in [3.63, 3.8) is 0 Å². The second-order valence-corrected chi connectivity index (χ2v) is 6.21. The van der Waals surface area contributed by atoms with Crippen LogP contribution in [0.4, 0.5) is 11.4 Å². The Morgan fingerprint density at radius 1 is 1.23 bits per heavy atom. The summed E-state index contributed by atoms with van der Waals surface area (Å²) in [7, 11) is 1.35. The Bertz CT molecular complexity index is 792. The molecule has 8 nitrogen and oxygen atoms in total. The van der Waals surface area contributed by atoms with Crippen LogP contribution in [0, 0.1) is 17.0 Å². The van der Waals surface area contributed by atoms with Crippen LogP contribution in [0.15, 0.2) is 34.7 Å². The second-order valence-electron chi connectivity index (χ2n) is 6.21. The Morgan fingerprint density at radius 3 is 2.46 bits per heavy atom. The van der Waals surface area contributed by atoms with Gasteiger partial charge in [-0.25, -0.2) is 4.79 Å². The number of carbonyl (C=O) groups excluding carboxylic acids is 1. The summed E-state index contributed by atoms with van der Waals surface area (Å²) in [4.78, 5) is 26.5. The normalized spacial score (nSPS) is 15.1. The molecule has 0 spiro atoms. The van der Waals surface area contributed by atoms with E-state index < -0.39 is 4.92 Å². The molecule has 26 heavy (non-hydrogen) atoms. The minimum absolute atomic E-state index is 0.0991. The van der Waals surface area contributed by atoms with E-state index in [-0.39, 0.29) is 11.7 Å². The number of esters is 1. The average molecular weight is 359 g/mol. The maximum atomic E-state index is 11.7. The smallest absolute Gasteiger partial charge is 0.341 e. The second kappa shape index (κ2) is 7.57. The van der Waals surface area contributed by atoms with E-state index in [1.165, 1.54) is 19.2 Å². The maximum absolute atomic E-state index is 11.7. The lowest BCUT2D eigenvalue weighted by Crippen LogP contribution is -2.45. The first-order chi connectivity index (χ1) is 12.5. The molecular formula is C18H21N3O5. The molecule has 1 aliphatic rings. The molecule has 0 atom stereocenters. The van der Waals surface area contributed by atoms with Crippen LogP contribution in [0.25, 0.3) is 0 Å². The van der Waals surface area contributed by atoms with Crippen LogP contribution in [0.1, 0.15) is 21.9 Å². The number of nitrogens with zero attached hydrogens (tertiary/aromatic N) is 3. The minimum atomic E-state index is -0.393. The zero-order valence-electron chi connectivity index (χ0n) is 14.8. The molecule has 138 valence electrons. The molecule has 1 aliphatic heterocycles. The molecule has 1 aromatic carbocycles. The summed E-state index contributed by atoms with van der Waals surface area (Å²) in [6.45, 7) is 5.70. The molecule has 8 heteroatoms. The van der Waals surface area contributed by atoms with Crippen molar-refractivity contribution in [3.05, 3.63) is 57.5 Å². The predicted molar refractivity (Wildman–Crippen MR) is 95.4 cm³/mol. The highest BCUT2D eigenvalue weighted by atomic mass is 16.6. The molecule has 0 radical (unpaired) electrons. The molecule has 2 heterocycles. The van der Waals surface area contributed by atoms with Gasteiger partial charge in [0.25, 0.3) is 5.69 Å². The van der Waals surface area contributed by atoms with E-state index in [0.717, 1.165) is 37.6 Å². The molecule has 0 amide bonds. The zero-order chi connectivity index (χ0) is 18.7. The number of nitro benzene ring substituents is 1. The van der Waals surface area contributed by atoms with E-state index in [2.05, 4.69) is 9.80 Å². The third kappa shape index (κ3) is 3.85. The molecule has 3 rings (SSSR count). The monoisotopic (exact) mass is 359 g/mol. The lowest BCUT2D eigenvalue weighted by Gasteiger charge is -2.35. The van der Waals surface area contributed by atoms with Gasteiger partial charge >= 0.3 is 5.97 Å². The number of nitro groups is 1. The molecule has 1 fully saturated rings. The van der Waals surface area contributed by atoms with Gasteiger partial charge in [0.15, 0.2) is 0 Å². The first-order valence-electron chi connectivity index (χ1n) is 8.37. The highest BCUT2D eigenvalue weighted by Gasteiger charge is 2.21. The molecule has 1 aromatic heterocycles. The molecule has 1 saturated heterocycles. The van der Waals surface area contributed by atoms with Gasteiger partial charge in [0.2, 0.25) is 0 Å². The summed E-state index contributed by atoms with van der Waals surface area (Å²) in [6, 6.07) is 8.37. The fraction of sp³-hybridized carbons (Fsp3) is 0.389. The largest absolute Gasteiger partial charge is 0.465 e. The van der Waals surface area contributed by atoms with E-state index in [1.807, 2.05) is 0 Å². The van der Waals surface area contributed by atoms with Crippen molar-refractivity contribution < 1.29 is 18.9 Å². The van der Waals surface area contributed by atoms with Gasteiger partial charge in [0.1, 0.15) is 17.1 Å². The standard InChI is InChI=1S/C18H21N3O5/c1-13-17(18(22)25-2)11-16(26-13)12-19-7-9-20(10-8-19)14-3-5-15(6-4-14)21(23)24/h3-6,11H,7-10,12H2,1-2H3. The number of non-ortho nitro benzene ring substituents is 1. The number of carbonyl (C=O) groups is 1. The van der Waals surface area contributed by atoms with Crippen LogP contribution in [0.3, 0.4) is 0 Å². The van der Waals surface area contributed by atoms with Crippen molar-refractivity contribution in [3.8, 4) is 0 Å². The highest BCUT2D eigenvalue weighted by molar-refractivity contribution is 5.90. The Labute approximate surface area is 151 Å². The van der Waals surface area contributed by atoms with Gasteiger partial charge < -0.3 is 14.1 Å². The average Bonchev–Trinajstić information content (AvgIpc) is 3.02. The lowest BCUT2D eigenvalue weighted by molar-refractivity contribution is -0.384. The van der Waals surface area contributed by atoms with Crippen LogP contribution in [-0.2, 0) is 11.3 Å². The number of furan rings is 1. The molecule has 2 aromatic rings. The van der Waals surface area contributed by atoms with Gasteiger partial charge in [0, 0.05) is 44.0 Å². The summed E-state index contributed by atoms with van der Waals surface area (Å²) < 4.78 is 10.4. The van der Waals surface area contributed by atoms with Gasteiger partial charge in [-0.05, 0) is 25.1 Å². The first kappa shape index (κ1) is 17.9. The summed E-state index contributed by atoms with van der Waals surface area (Å²) >= 11 is 0. The summed E-state index contributed by atoms with van der Waals surface area (Å²) in [5.74, 6) is 0.920. The quantitative estimate of drug-likeness (QED) is 0.460. The lowest BCUT2D eigenvalue weighted by atomic mass is 10.2. The SMILES string of the molecule is COC(=O)c1cc(CN2CCN(c3ccc([N+](=O)[O-])cc3)CC2)oc1C. The number of piperazine rings is 1. The van der Waals surface area contributed by atoms with E-state index in [0.29, 0.717) is 17.9 Å². The number of aryl methyl sites for hydroxylation is 1. The van der Waals surface area contributed by atoms with E-state index >= 15 is 0 Å². The Morgan fingerprint density at radius 2 is 1.88 bits per heavy atom. The predicted octanol–water partition coefficient (Wildman–Crippen LogP) is 2.61. The fourth-order valence-corrected chi connectivity index (χ4v) is 3.10. The summed E-state index contributed by atoms with van der Waals surface area (Å²) in [5, 5.41) is 10.7. The van der Waals surface area contributed by atoms with Crippen molar-refractivity contribution >= 4 is 17.3 Å². The molecule has 0 saturated carbocycles. The Balaban J connectivity index is 1.57. The van der Waals surface area contributed by atoms with Gasteiger partial charge in [-0.2, -0.15) is 0 Å². The van der Waals surface area contributed by atoms with E-state index in [4.69, 9.17) is 9.15 Å². The van der Waals surface area contributed by atoms with Crippen molar-refractivity contribution in [2.75, 3.05) is 38.2 Å². The van der Waals surface area contributed by atoms with Crippen molar-refractivity contribution in [2.24, 2.45) is 0 Å². The number of hydrogen-bond donors (Lipinski definition) is 0. The van der Waals surface area contributed by atoms with E-state index in [9.17, 15) is 14.9 Å². The molecular weight excluding hydrogens is 338 g/mol. The van der Waals surface area contributed by atoms with Gasteiger partial charge in [-0.15, -0.1) is 0 Å². The number of hydrogen-bond acceptors (Lipinski definition) is 7. The molecule has 0 unspecified atom stereocenters. The molecule has 0 N–H and O–H groups in total. The van der Waals surface area contributed by atoms with Gasteiger partial charge in [-0.3, -0.25) is 15.0 Å². The van der Waals surface area contributed by atoms with Crippen molar-refractivity contribution in [1.82, 2.24) is 4.90 Å². The number of anilines is 1. The van der Waals surface area contributed by atoms with E-state index in [1.54, 1.807) is 25.1 Å². The number of rotatable bonds is 5. The minimum Gasteiger partial charge on any atom is -0.465 e. The van der Waals surface area contributed by atoms with Crippen molar-refractivity contribution in [2.45, 2.75) is 13.5 Å². The number of benzene rings is 1. The van der Waals surface area contributed by atoms with Crippen molar-refractivity contribution in [1.29, 1.82) is 0 Å². The Hall–Kier alpha value is -2.87. The number of methoxy groups -OCH3 is 1. The topological polar surface area (TPSA) is 89.1 Å². The number of ether oxygens (including phenoxy) is 1. The summed E-state index contributed by atoms with van der Waals surface area (Å²) in [5.41, 5.74) is 1.55. The zero-order valence-corrected chi connectivity index (χ0v) is 14.8. The molecule has 0 aliphatic carbocycles. The van der Waals surface area contributed by atoms with Crippen LogP contribution in [-0.4, -0.2) is 49.1 Å². The Kier molecular flexibility index (Phi) is 5.22. The van der Waals surface area contributed by atoms with Crippen LogP contribution < -0.4 is 4.90 Å². The van der Waals surface area contributed by atoms with Crippen LogP contribution >= 0.6 is 0 Å². The third-order valence-corrected chi connectivity index (χ3v) is 4.55. The maximum Gasteiger partial charge on any atom is 0.341 e.